The van der Waals surface area contributed by atoms with Crippen LogP contribution in [0.3, 0.4) is 0 Å². The molecule has 0 radical (unpaired) electrons. The maximum absolute atomic E-state index is 11.7. The molecule has 3 fully saturated rings. The molecule has 236 valence electrons. The first-order chi connectivity index (χ1) is 19.0. The van der Waals surface area contributed by atoms with Crippen molar-refractivity contribution >= 4 is 0 Å². The van der Waals surface area contributed by atoms with E-state index in [4.69, 9.17) is 42.3 Å². The number of rotatable bonds is 13. The Bertz CT molecular complexity index is 746. The van der Waals surface area contributed by atoms with Crippen molar-refractivity contribution in [3.63, 3.8) is 0 Å². The number of aliphatic hydroxyl groups is 7. The zero-order chi connectivity index (χ0) is 29.6. The summed E-state index contributed by atoms with van der Waals surface area (Å²) in [7, 11) is 0. The molecule has 1 aliphatic carbocycles. The molecule has 1 saturated carbocycles. The van der Waals surface area contributed by atoms with Crippen LogP contribution in [-0.4, -0.2) is 161 Å². The van der Waals surface area contributed by atoms with Crippen molar-refractivity contribution in [2.75, 3.05) is 39.4 Å². The molecule has 16 nitrogen and oxygen atoms in total. The monoisotopic (exact) mass is 582 g/mol. The van der Waals surface area contributed by atoms with Crippen LogP contribution in [-0.2, 0) is 14.2 Å². The van der Waals surface area contributed by atoms with E-state index in [-0.39, 0.29) is 32.5 Å². The van der Waals surface area contributed by atoms with Gasteiger partial charge in [-0.2, -0.15) is 0 Å². The van der Waals surface area contributed by atoms with E-state index in [9.17, 15) is 30.6 Å². The van der Waals surface area contributed by atoms with Gasteiger partial charge in [0.15, 0.2) is 6.29 Å². The molecule has 15 unspecified atom stereocenters. The maximum Gasteiger partial charge on any atom is 0.186 e. The highest BCUT2D eigenvalue weighted by Gasteiger charge is 2.53. The summed E-state index contributed by atoms with van der Waals surface area (Å²) < 4.78 is 17.9. The van der Waals surface area contributed by atoms with Gasteiger partial charge in [0.1, 0.15) is 24.4 Å². The molecule has 3 rings (SSSR count). The highest BCUT2D eigenvalue weighted by Crippen LogP contribution is 2.36. The lowest BCUT2D eigenvalue weighted by Crippen LogP contribution is -2.70. The Hall–Kier alpha value is -0.640. The van der Waals surface area contributed by atoms with Gasteiger partial charge in [0.25, 0.3) is 0 Å². The second kappa shape index (κ2) is 15.7. The van der Waals surface area contributed by atoms with E-state index in [1.807, 2.05) is 0 Å². The zero-order valence-electron chi connectivity index (χ0n) is 22.7. The Balaban J connectivity index is 1.81. The molecule has 2 aliphatic heterocycles. The van der Waals surface area contributed by atoms with Crippen molar-refractivity contribution < 1.29 is 50.0 Å². The van der Waals surface area contributed by atoms with Crippen molar-refractivity contribution in [3.05, 3.63) is 0 Å². The van der Waals surface area contributed by atoms with Crippen LogP contribution >= 0.6 is 0 Å². The Morgan fingerprint density at radius 1 is 0.925 bits per heavy atom. The molecule has 0 spiro atoms. The number of nitrogens with one attached hydrogen (secondary N) is 2. The van der Waals surface area contributed by atoms with Crippen LogP contribution in [0.4, 0.5) is 0 Å². The Morgan fingerprint density at radius 3 is 2.30 bits per heavy atom. The van der Waals surface area contributed by atoms with Crippen molar-refractivity contribution in [2.45, 2.75) is 105 Å². The third-order valence-corrected chi connectivity index (χ3v) is 8.20. The van der Waals surface area contributed by atoms with Gasteiger partial charge in [-0.3, -0.25) is 0 Å². The van der Waals surface area contributed by atoms with Crippen LogP contribution in [0, 0.1) is 5.92 Å². The summed E-state index contributed by atoms with van der Waals surface area (Å²) in [5.41, 5.74) is 24.4. The van der Waals surface area contributed by atoms with Gasteiger partial charge in [0, 0.05) is 50.3 Å². The van der Waals surface area contributed by atoms with E-state index in [0.29, 0.717) is 19.5 Å². The minimum Gasteiger partial charge on any atom is -0.396 e. The maximum atomic E-state index is 11.7. The quantitative estimate of drug-likeness (QED) is 0.0897. The van der Waals surface area contributed by atoms with Crippen LogP contribution in [0.2, 0.25) is 0 Å². The summed E-state index contributed by atoms with van der Waals surface area (Å²) in [6, 6.07) is -3.10. The normalized spacial score (nSPS) is 45.4. The number of hydrogen-bond acceptors (Lipinski definition) is 16. The number of aliphatic hydroxyl groups excluding tert-OH is 7. The summed E-state index contributed by atoms with van der Waals surface area (Å²) in [6.07, 6.45) is -9.84. The summed E-state index contributed by atoms with van der Waals surface area (Å²) >= 11 is 0. The minimum absolute atomic E-state index is 0.00132. The van der Waals surface area contributed by atoms with E-state index in [0.717, 1.165) is 0 Å². The average molecular weight is 583 g/mol. The van der Waals surface area contributed by atoms with E-state index in [1.54, 1.807) is 0 Å². The molecule has 17 N–H and O–H groups in total. The van der Waals surface area contributed by atoms with Crippen LogP contribution in [0.15, 0.2) is 0 Å². The molecule has 16 heteroatoms. The lowest BCUT2D eigenvalue weighted by atomic mass is 9.72. The molecule has 2 heterocycles. The summed E-state index contributed by atoms with van der Waals surface area (Å²) in [5, 5.41) is 78.0. The molecule has 0 bridgehead atoms. The smallest absolute Gasteiger partial charge is 0.186 e. The minimum atomic E-state index is -1.48. The van der Waals surface area contributed by atoms with Crippen molar-refractivity contribution in [3.8, 4) is 0 Å². The standard InChI is InChI=1S/C24H50N6O10/c25-6-10(33)7-30-13-4-11(26)17(22-12(27)5-14(34)15(38-22)8-29-2-1-3-31)20(36)23(13)40-24-21(37)18(28)19(35)16(9-32)39-24/h10-24,29-37H,1-9,25-28H2. The molecule has 0 amide bonds. The van der Waals surface area contributed by atoms with Gasteiger partial charge >= 0.3 is 0 Å². The molecule has 0 aromatic carbocycles. The average Bonchev–Trinajstić information content (AvgIpc) is 2.93. The van der Waals surface area contributed by atoms with Crippen molar-refractivity contribution in [2.24, 2.45) is 28.9 Å². The SMILES string of the molecule is NCC(O)CNC1CC(N)C(C2OC(CNCCCO)C(O)CC2N)C(O)C1OC1OC(CO)C(O)C(N)C1O. The third-order valence-electron chi connectivity index (χ3n) is 8.20. The van der Waals surface area contributed by atoms with Crippen LogP contribution in [0.5, 0.6) is 0 Å². The van der Waals surface area contributed by atoms with Gasteiger partial charge < -0.3 is 83.5 Å². The lowest BCUT2D eigenvalue weighted by Gasteiger charge is -2.51. The summed E-state index contributed by atoms with van der Waals surface area (Å²) in [6.45, 7) is 0.349. The number of ether oxygens (including phenoxy) is 3. The molecule has 3 aliphatic rings. The van der Waals surface area contributed by atoms with Crippen molar-refractivity contribution in [1.29, 1.82) is 0 Å². The molecular weight excluding hydrogens is 532 g/mol. The van der Waals surface area contributed by atoms with Gasteiger partial charge in [-0.25, -0.2) is 0 Å². The van der Waals surface area contributed by atoms with E-state index in [2.05, 4.69) is 10.6 Å². The fourth-order valence-electron chi connectivity index (χ4n) is 5.83. The third kappa shape index (κ3) is 8.04. The molecule has 15 atom stereocenters. The van der Waals surface area contributed by atoms with E-state index < -0.39 is 97.9 Å². The van der Waals surface area contributed by atoms with E-state index >= 15 is 0 Å². The Labute approximate surface area is 233 Å². The van der Waals surface area contributed by atoms with Crippen LogP contribution in [0.25, 0.3) is 0 Å². The van der Waals surface area contributed by atoms with Crippen molar-refractivity contribution in [1.82, 2.24) is 10.6 Å². The fraction of sp³-hybridized carbons (Fsp3) is 1.00. The Kier molecular flexibility index (Phi) is 13.3. The summed E-state index contributed by atoms with van der Waals surface area (Å²) in [5.74, 6) is -0.751. The second-order valence-corrected chi connectivity index (χ2v) is 11.1. The predicted octanol–water partition coefficient (Wildman–Crippen LogP) is -7.06. The van der Waals surface area contributed by atoms with Crippen LogP contribution < -0.4 is 33.6 Å². The number of hydrogen-bond donors (Lipinski definition) is 13. The van der Waals surface area contributed by atoms with Gasteiger partial charge in [0.05, 0.1) is 43.2 Å². The largest absolute Gasteiger partial charge is 0.396 e. The first-order valence-corrected chi connectivity index (χ1v) is 14.0. The molecule has 40 heavy (non-hydrogen) atoms. The topological polar surface area (TPSA) is 297 Å². The first kappa shape index (κ1) is 33.9. The second-order valence-electron chi connectivity index (χ2n) is 11.1. The van der Waals surface area contributed by atoms with Gasteiger partial charge in [0.2, 0.25) is 0 Å². The van der Waals surface area contributed by atoms with Gasteiger partial charge in [-0.15, -0.1) is 0 Å². The first-order valence-electron chi connectivity index (χ1n) is 14.0. The zero-order valence-corrected chi connectivity index (χ0v) is 22.7. The highest BCUT2D eigenvalue weighted by molar-refractivity contribution is 5.06. The predicted molar refractivity (Wildman–Crippen MR) is 141 cm³/mol. The molecule has 0 aromatic heterocycles. The van der Waals surface area contributed by atoms with Gasteiger partial charge in [-0.05, 0) is 25.8 Å². The lowest BCUT2D eigenvalue weighted by molar-refractivity contribution is -0.307. The summed E-state index contributed by atoms with van der Waals surface area (Å²) in [4.78, 5) is 0. The molecule has 2 saturated heterocycles. The number of nitrogens with two attached hydrogens (primary N) is 4. The van der Waals surface area contributed by atoms with Crippen LogP contribution in [0.1, 0.15) is 19.3 Å². The molecule has 0 aromatic rings. The molecular formula is C24H50N6O10. The van der Waals surface area contributed by atoms with Gasteiger partial charge in [-0.1, -0.05) is 0 Å². The fourth-order valence-corrected chi connectivity index (χ4v) is 5.83. The highest BCUT2D eigenvalue weighted by atomic mass is 16.7. The van der Waals surface area contributed by atoms with E-state index in [1.165, 1.54) is 0 Å². The Morgan fingerprint density at radius 2 is 1.65 bits per heavy atom.